The third-order valence-electron chi connectivity index (χ3n) is 2.77. The van der Waals surface area contributed by atoms with Gasteiger partial charge in [0.1, 0.15) is 17.6 Å². The van der Waals surface area contributed by atoms with E-state index in [9.17, 15) is 14.7 Å². The van der Waals surface area contributed by atoms with Crippen LogP contribution in [-0.2, 0) is 9.59 Å². The summed E-state index contributed by atoms with van der Waals surface area (Å²) in [6.45, 7) is 3.40. The number of carboxylic acids is 1. The molecule has 2 atom stereocenters. The van der Waals surface area contributed by atoms with Crippen LogP contribution in [0.3, 0.4) is 0 Å². The van der Waals surface area contributed by atoms with Crippen LogP contribution in [0.2, 0.25) is 0 Å². The lowest BCUT2D eigenvalue weighted by Gasteiger charge is -2.22. The molecule has 0 amide bonds. The summed E-state index contributed by atoms with van der Waals surface area (Å²) in [6, 6.07) is 4.56. The fraction of sp³-hybridized carbons (Fsp3) is 0.385. The number of phenols is 1. The number of Topliss-reactive ketones (excluding diaryl/α,β-unsaturated/α-hetero) is 1. The molecule has 0 saturated heterocycles. The number of hydrogen-bond donors (Lipinski definition) is 3. The van der Waals surface area contributed by atoms with Gasteiger partial charge in [-0.05, 0) is 17.7 Å². The van der Waals surface area contributed by atoms with Crippen LogP contribution in [0, 0.1) is 5.92 Å². The molecule has 1 unspecified atom stereocenters. The largest absolute Gasteiger partial charge is 0.508 e. The third kappa shape index (κ3) is 3.07. The maximum absolute atomic E-state index is 12.1. The highest BCUT2D eigenvalue weighted by atomic mass is 16.4. The molecule has 0 saturated carbocycles. The zero-order valence-corrected chi connectivity index (χ0v) is 10.3. The smallest absolute Gasteiger partial charge is 0.321 e. The SMILES string of the molecule is CC(C)C(=O)C(c1ccc(O)cc1)[C@H](N)C(=O)O. The molecule has 18 heavy (non-hydrogen) atoms. The fourth-order valence-electron chi connectivity index (χ4n) is 1.73. The van der Waals surface area contributed by atoms with Gasteiger partial charge < -0.3 is 15.9 Å². The Morgan fingerprint density at radius 2 is 1.67 bits per heavy atom. The number of aliphatic carboxylic acids is 1. The second kappa shape index (κ2) is 5.64. The Morgan fingerprint density at radius 3 is 2.06 bits per heavy atom. The quantitative estimate of drug-likeness (QED) is 0.727. The van der Waals surface area contributed by atoms with Crippen molar-refractivity contribution in [1.29, 1.82) is 0 Å². The molecule has 5 nitrogen and oxygen atoms in total. The maximum Gasteiger partial charge on any atom is 0.321 e. The van der Waals surface area contributed by atoms with Crippen molar-refractivity contribution in [3.05, 3.63) is 29.8 Å². The molecule has 5 heteroatoms. The summed E-state index contributed by atoms with van der Waals surface area (Å²) in [5.41, 5.74) is 6.09. The predicted molar refractivity (Wildman–Crippen MR) is 66.3 cm³/mol. The molecule has 1 rings (SSSR count). The molecule has 1 aromatic carbocycles. The van der Waals surface area contributed by atoms with Gasteiger partial charge in [-0.3, -0.25) is 9.59 Å². The van der Waals surface area contributed by atoms with E-state index in [0.717, 1.165) is 0 Å². The number of rotatable bonds is 5. The molecule has 0 heterocycles. The molecular weight excluding hydrogens is 234 g/mol. The molecule has 1 aromatic rings. The molecule has 4 N–H and O–H groups in total. The Hall–Kier alpha value is -1.88. The van der Waals surface area contributed by atoms with Crippen molar-refractivity contribution < 1.29 is 19.8 Å². The summed E-state index contributed by atoms with van der Waals surface area (Å²) >= 11 is 0. The van der Waals surface area contributed by atoms with Crippen LogP contribution >= 0.6 is 0 Å². The Bertz CT molecular complexity index is 439. The number of carbonyl (C=O) groups excluding carboxylic acids is 1. The van der Waals surface area contributed by atoms with Crippen molar-refractivity contribution in [1.82, 2.24) is 0 Å². The highest BCUT2D eigenvalue weighted by Crippen LogP contribution is 2.25. The molecule has 0 aromatic heterocycles. The lowest BCUT2D eigenvalue weighted by Crippen LogP contribution is -2.41. The molecule has 0 fully saturated rings. The van der Waals surface area contributed by atoms with Gasteiger partial charge in [-0.15, -0.1) is 0 Å². The van der Waals surface area contributed by atoms with E-state index in [1.54, 1.807) is 13.8 Å². The lowest BCUT2D eigenvalue weighted by molar-refractivity contribution is -0.141. The average Bonchev–Trinajstić information content (AvgIpc) is 2.31. The van der Waals surface area contributed by atoms with Gasteiger partial charge in [-0.1, -0.05) is 26.0 Å². The van der Waals surface area contributed by atoms with Crippen LogP contribution in [-0.4, -0.2) is 28.0 Å². The highest BCUT2D eigenvalue weighted by molar-refractivity contribution is 5.93. The van der Waals surface area contributed by atoms with Crippen LogP contribution in [0.5, 0.6) is 5.75 Å². The van der Waals surface area contributed by atoms with Crippen molar-refractivity contribution in [3.63, 3.8) is 0 Å². The number of carbonyl (C=O) groups is 2. The van der Waals surface area contributed by atoms with Crippen LogP contribution < -0.4 is 5.73 Å². The molecule has 0 aliphatic heterocycles. The number of aromatic hydroxyl groups is 1. The summed E-state index contributed by atoms with van der Waals surface area (Å²) in [5, 5.41) is 18.2. The number of nitrogens with two attached hydrogens (primary N) is 1. The number of hydrogen-bond acceptors (Lipinski definition) is 4. The summed E-state index contributed by atoms with van der Waals surface area (Å²) < 4.78 is 0. The van der Waals surface area contributed by atoms with E-state index in [1.165, 1.54) is 24.3 Å². The zero-order chi connectivity index (χ0) is 13.9. The Kier molecular flexibility index (Phi) is 4.44. The minimum atomic E-state index is -1.29. The third-order valence-corrected chi connectivity index (χ3v) is 2.77. The van der Waals surface area contributed by atoms with E-state index in [2.05, 4.69) is 0 Å². The lowest BCUT2D eigenvalue weighted by atomic mass is 9.83. The molecule has 0 aliphatic rings. The molecule has 98 valence electrons. The highest BCUT2D eigenvalue weighted by Gasteiger charge is 2.33. The second-order valence-electron chi connectivity index (χ2n) is 4.49. The zero-order valence-electron chi connectivity index (χ0n) is 10.3. The standard InChI is InChI=1S/C13H17NO4/c1-7(2)12(16)10(11(14)13(17)18)8-3-5-9(15)6-4-8/h3-7,10-11,15H,14H2,1-2H3,(H,17,18)/t10?,11-/m0/s1. The maximum atomic E-state index is 12.1. The van der Waals surface area contributed by atoms with Crippen LogP contribution in [0.4, 0.5) is 0 Å². The van der Waals surface area contributed by atoms with E-state index in [4.69, 9.17) is 10.8 Å². The van der Waals surface area contributed by atoms with E-state index in [0.29, 0.717) is 5.56 Å². The summed E-state index contributed by atoms with van der Waals surface area (Å²) in [5.74, 6) is -2.60. The van der Waals surface area contributed by atoms with E-state index >= 15 is 0 Å². The van der Waals surface area contributed by atoms with E-state index < -0.39 is 17.9 Å². The first-order chi connectivity index (χ1) is 8.34. The topological polar surface area (TPSA) is 101 Å². The average molecular weight is 251 g/mol. The molecule has 0 aliphatic carbocycles. The van der Waals surface area contributed by atoms with Gasteiger partial charge in [0.2, 0.25) is 0 Å². The molecule has 0 radical (unpaired) electrons. The first kappa shape index (κ1) is 14.2. The summed E-state index contributed by atoms with van der Waals surface area (Å²) in [6.07, 6.45) is 0. The van der Waals surface area contributed by atoms with Gasteiger partial charge in [-0.25, -0.2) is 0 Å². The Morgan fingerprint density at radius 1 is 1.17 bits per heavy atom. The van der Waals surface area contributed by atoms with Crippen molar-refractivity contribution in [3.8, 4) is 5.75 Å². The number of phenolic OH excluding ortho intramolecular Hbond substituents is 1. The van der Waals surface area contributed by atoms with Crippen LogP contribution in [0.15, 0.2) is 24.3 Å². The summed E-state index contributed by atoms with van der Waals surface area (Å²) in [7, 11) is 0. The van der Waals surface area contributed by atoms with Gasteiger partial charge in [0.25, 0.3) is 0 Å². The minimum Gasteiger partial charge on any atom is -0.508 e. The summed E-state index contributed by atoms with van der Waals surface area (Å²) in [4.78, 5) is 23.0. The van der Waals surface area contributed by atoms with Gasteiger partial charge in [-0.2, -0.15) is 0 Å². The van der Waals surface area contributed by atoms with Crippen LogP contribution in [0.1, 0.15) is 25.3 Å². The van der Waals surface area contributed by atoms with Crippen molar-refractivity contribution in [2.75, 3.05) is 0 Å². The monoisotopic (exact) mass is 251 g/mol. The van der Waals surface area contributed by atoms with Crippen LogP contribution in [0.25, 0.3) is 0 Å². The van der Waals surface area contributed by atoms with Gasteiger partial charge in [0.15, 0.2) is 0 Å². The molecule has 0 bridgehead atoms. The van der Waals surface area contributed by atoms with Crippen molar-refractivity contribution >= 4 is 11.8 Å². The Labute approximate surface area is 105 Å². The number of ketones is 1. The van der Waals surface area contributed by atoms with E-state index in [-0.39, 0.29) is 17.5 Å². The molecule has 0 spiro atoms. The number of carboxylic acid groups (broad SMARTS) is 1. The molecular formula is C13H17NO4. The van der Waals surface area contributed by atoms with Gasteiger partial charge >= 0.3 is 5.97 Å². The van der Waals surface area contributed by atoms with E-state index in [1.807, 2.05) is 0 Å². The second-order valence-corrected chi connectivity index (χ2v) is 4.49. The van der Waals surface area contributed by atoms with Crippen molar-refractivity contribution in [2.24, 2.45) is 11.7 Å². The predicted octanol–water partition coefficient (Wildman–Crippen LogP) is 1.11. The Balaban J connectivity index is 3.15. The first-order valence-corrected chi connectivity index (χ1v) is 5.65. The first-order valence-electron chi connectivity index (χ1n) is 5.65. The van der Waals surface area contributed by atoms with Gasteiger partial charge in [0, 0.05) is 5.92 Å². The van der Waals surface area contributed by atoms with Gasteiger partial charge in [0.05, 0.1) is 5.92 Å². The fourth-order valence-corrected chi connectivity index (χ4v) is 1.73. The van der Waals surface area contributed by atoms with Crippen molar-refractivity contribution in [2.45, 2.75) is 25.8 Å². The number of benzene rings is 1. The normalized spacial score (nSPS) is 14.2. The minimum absolute atomic E-state index is 0.0541.